The third kappa shape index (κ3) is 4.21. The molecule has 108 valence electrons. The molecule has 0 atom stereocenters. The van der Waals surface area contributed by atoms with Crippen LogP contribution >= 0.6 is 0 Å². The number of Topliss-reactive ketones (excluding diaryl/α,β-unsaturated/α-hetero) is 1. The number of hydrogen-bond donors (Lipinski definition) is 0. The highest BCUT2D eigenvalue weighted by atomic mass is 19.1. The monoisotopic (exact) mass is 290 g/mol. The van der Waals surface area contributed by atoms with E-state index in [9.17, 15) is 18.4 Å². The highest BCUT2D eigenvalue weighted by Crippen LogP contribution is 2.14. The molecule has 0 saturated heterocycles. The third-order valence-corrected chi connectivity index (χ3v) is 2.76. The number of rotatable bonds is 4. The van der Waals surface area contributed by atoms with Crippen LogP contribution in [-0.4, -0.2) is 11.8 Å². The average Bonchev–Trinajstić information content (AvgIpc) is 2.37. The van der Waals surface area contributed by atoms with Crippen LogP contribution in [0.1, 0.15) is 22.8 Å². The standard InChI is InChI=1S/C16H12F2O3/c1-10(19)12-2-4-15(5-3-12)21-16(20)8-11-6-13(17)9-14(18)7-11/h2-7,9H,8H2,1H3. The van der Waals surface area contributed by atoms with Crippen molar-refractivity contribution in [2.45, 2.75) is 13.3 Å². The first kappa shape index (κ1) is 14.8. The summed E-state index contributed by atoms with van der Waals surface area (Å²) >= 11 is 0. The molecule has 5 heteroatoms. The summed E-state index contributed by atoms with van der Waals surface area (Å²) in [5.41, 5.74) is 0.694. The lowest BCUT2D eigenvalue weighted by atomic mass is 10.1. The van der Waals surface area contributed by atoms with Crippen LogP contribution in [0.3, 0.4) is 0 Å². The molecule has 0 N–H and O–H groups in total. The third-order valence-electron chi connectivity index (χ3n) is 2.76. The van der Waals surface area contributed by atoms with Crippen LogP contribution in [0.5, 0.6) is 5.75 Å². The Bertz CT molecular complexity index is 658. The molecule has 0 amide bonds. The summed E-state index contributed by atoms with van der Waals surface area (Å²) in [6.07, 6.45) is -0.247. The van der Waals surface area contributed by atoms with E-state index in [-0.39, 0.29) is 23.5 Å². The Kier molecular flexibility index (Phi) is 4.42. The zero-order chi connectivity index (χ0) is 15.4. The van der Waals surface area contributed by atoms with Gasteiger partial charge in [0, 0.05) is 11.6 Å². The van der Waals surface area contributed by atoms with Gasteiger partial charge >= 0.3 is 5.97 Å². The van der Waals surface area contributed by atoms with Crippen LogP contribution in [0.2, 0.25) is 0 Å². The van der Waals surface area contributed by atoms with E-state index in [0.29, 0.717) is 5.56 Å². The molecule has 0 bridgehead atoms. The normalized spacial score (nSPS) is 10.2. The molecule has 0 aliphatic carbocycles. The lowest BCUT2D eigenvalue weighted by molar-refractivity contribution is -0.133. The molecule has 0 spiro atoms. The second kappa shape index (κ2) is 6.26. The highest BCUT2D eigenvalue weighted by molar-refractivity contribution is 5.94. The van der Waals surface area contributed by atoms with Crippen molar-refractivity contribution in [1.82, 2.24) is 0 Å². The number of carbonyl (C=O) groups is 2. The minimum absolute atomic E-state index is 0.0943. The predicted molar refractivity (Wildman–Crippen MR) is 72.1 cm³/mol. The maximum absolute atomic E-state index is 13.0. The van der Waals surface area contributed by atoms with Gasteiger partial charge in [-0.05, 0) is 48.9 Å². The molecule has 0 fully saturated rings. The SMILES string of the molecule is CC(=O)c1ccc(OC(=O)Cc2cc(F)cc(F)c2)cc1. The molecular formula is C16H12F2O3. The first-order valence-electron chi connectivity index (χ1n) is 6.20. The summed E-state index contributed by atoms with van der Waals surface area (Å²) < 4.78 is 31.0. The van der Waals surface area contributed by atoms with Gasteiger partial charge in [0.25, 0.3) is 0 Å². The van der Waals surface area contributed by atoms with E-state index in [2.05, 4.69) is 0 Å². The van der Waals surface area contributed by atoms with Crippen molar-refractivity contribution in [3.05, 3.63) is 65.2 Å². The van der Waals surface area contributed by atoms with Gasteiger partial charge in [-0.1, -0.05) is 0 Å². The van der Waals surface area contributed by atoms with E-state index in [1.54, 1.807) is 0 Å². The number of carbonyl (C=O) groups excluding carboxylic acids is 2. The minimum Gasteiger partial charge on any atom is -0.426 e. The Morgan fingerprint density at radius 1 is 1.00 bits per heavy atom. The van der Waals surface area contributed by atoms with E-state index >= 15 is 0 Å². The van der Waals surface area contributed by atoms with Gasteiger partial charge in [0.1, 0.15) is 17.4 Å². The lowest BCUT2D eigenvalue weighted by Gasteiger charge is -2.05. The van der Waals surface area contributed by atoms with Crippen molar-refractivity contribution in [3.63, 3.8) is 0 Å². The molecule has 3 nitrogen and oxygen atoms in total. The zero-order valence-electron chi connectivity index (χ0n) is 11.2. The van der Waals surface area contributed by atoms with Crippen molar-refractivity contribution in [3.8, 4) is 5.75 Å². The van der Waals surface area contributed by atoms with Crippen LogP contribution in [0.4, 0.5) is 8.78 Å². The molecule has 2 aromatic carbocycles. The van der Waals surface area contributed by atoms with E-state index in [1.807, 2.05) is 0 Å². The Morgan fingerprint density at radius 3 is 2.10 bits per heavy atom. The van der Waals surface area contributed by atoms with E-state index in [4.69, 9.17) is 4.74 Å². The van der Waals surface area contributed by atoms with Crippen LogP contribution < -0.4 is 4.74 Å². The van der Waals surface area contributed by atoms with Gasteiger partial charge in [-0.15, -0.1) is 0 Å². The summed E-state index contributed by atoms with van der Waals surface area (Å²) in [5.74, 6) is -1.97. The van der Waals surface area contributed by atoms with E-state index in [0.717, 1.165) is 18.2 Å². The quantitative estimate of drug-likeness (QED) is 0.493. The fourth-order valence-corrected chi connectivity index (χ4v) is 1.80. The first-order valence-corrected chi connectivity index (χ1v) is 6.20. The van der Waals surface area contributed by atoms with Crippen LogP contribution in [-0.2, 0) is 11.2 Å². The second-order valence-corrected chi connectivity index (χ2v) is 4.51. The number of ether oxygens (including phenoxy) is 1. The number of esters is 1. The minimum atomic E-state index is -0.747. The van der Waals surface area contributed by atoms with Crippen molar-refractivity contribution in [2.75, 3.05) is 0 Å². The van der Waals surface area contributed by atoms with Gasteiger partial charge in [-0.3, -0.25) is 9.59 Å². The second-order valence-electron chi connectivity index (χ2n) is 4.51. The van der Waals surface area contributed by atoms with Gasteiger partial charge in [0.15, 0.2) is 5.78 Å². The van der Waals surface area contributed by atoms with Gasteiger partial charge in [-0.25, -0.2) is 8.78 Å². The van der Waals surface area contributed by atoms with Gasteiger partial charge in [0.05, 0.1) is 6.42 Å². The smallest absolute Gasteiger partial charge is 0.315 e. The number of ketones is 1. The van der Waals surface area contributed by atoms with Crippen molar-refractivity contribution in [1.29, 1.82) is 0 Å². The Balaban J connectivity index is 2.02. The first-order chi connectivity index (χ1) is 9.94. The molecule has 0 saturated carbocycles. The molecule has 0 aliphatic heterocycles. The van der Waals surface area contributed by atoms with Crippen LogP contribution in [0, 0.1) is 11.6 Å². The summed E-state index contributed by atoms with van der Waals surface area (Å²) in [6.45, 7) is 1.43. The molecule has 2 rings (SSSR count). The summed E-state index contributed by atoms with van der Waals surface area (Å²) in [7, 11) is 0. The van der Waals surface area contributed by atoms with E-state index < -0.39 is 17.6 Å². The molecular weight excluding hydrogens is 278 g/mol. The van der Waals surface area contributed by atoms with E-state index in [1.165, 1.54) is 31.2 Å². The number of benzene rings is 2. The average molecular weight is 290 g/mol. The van der Waals surface area contributed by atoms with Crippen molar-refractivity contribution < 1.29 is 23.1 Å². The molecule has 21 heavy (non-hydrogen) atoms. The van der Waals surface area contributed by atoms with Crippen LogP contribution in [0.25, 0.3) is 0 Å². The van der Waals surface area contributed by atoms with Gasteiger partial charge in [0.2, 0.25) is 0 Å². The molecule has 0 heterocycles. The lowest BCUT2D eigenvalue weighted by Crippen LogP contribution is -2.11. The summed E-state index contributed by atoms with van der Waals surface area (Å²) in [6, 6.07) is 8.92. The van der Waals surface area contributed by atoms with Crippen molar-refractivity contribution in [2.24, 2.45) is 0 Å². The maximum atomic E-state index is 13.0. The molecule has 0 aromatic heterocycles. The fraction of sp³-hybridized carbons (Fsp3) is 0.125. The summed E-state index contributed by atoms with van der Waals surface area (Å²) in [5, 5.41) is 0. The zero-order valence-corrected chi connectivity index (χ0v) is 11.2. The van der Waals surface area contributed by atoms with Gasteiger partial charge in [-0.2, -0.15) is 0 Å². The molecule has 2 aromatic rings. The Morgan fingerprint density at radius 2 is 1.57 bits per heavy atom. The van der Waals surface area contributed by atoms with Gasteiger partial charge < -0.3 is 4.74 Å². The summed E-state index contributed by atoms with van der Waals surface area (Å²) in [4.78, 5) is 22.8. The fourth-order valence-electron chi connectivity index (χ4n) is 1.80. The topological polar surface area (TPSA) is 43.4 Å². The maximum Gasteiger partial charge on any atom is 0.315 e. The Hall–Kier alpha value is -2.56. The largest absolute Gasteiger partial charge is 0.426 e. The molecule has 0 unspecified atom stereocenters. The van der Waals surface area contributed by atoms with Crippen LogP contribution in [0.15, 0.2) is 42.5 Å². The molecule has 0 aliphatic rings. The molecule has 0 radical (unpaired) electrons. The van der Waals surface area contributed by atoms with Crippen molar-refractivity contribution >= 4 is 11.8 Å². The number of hydrogen-bond acceptors (Lipinski definition) is 3. The number of halogens is 2. The Labute approximate surface area is 120 Å². The predicted octanol–water partition coefficient (Wildman–Crippen LogP) is 3.32. The highest BCUT2D eigenvalue weighted by Gasteiger charge is 2.09.